The number of hydrogen-bond acceptors (Lipinski definition) is 6. The van der Waals surface area contributed by atoms with Gasteiger partial charge in [-0.15, -0.1) is 0 Å². The third kappa shape index (κ3) is 21.2. The zero-order valence-electron chi connectivity index (χ0n) is 18.2. The van der Waals surface area contributed by atoms with Gasteiger partial charge < -0.3 is 19.3 Å². The van der Waals surface area contributed by atoms with Crippen molar-refractivity contribution in [1.29, 1.82) is 0 Å². The maximum absolute atomic E-state index is 11.9. The Morgan fingerprint density at radius 1 is 0.933 bits per heavy atom. The second-order valence-corrected chi connectivity index (χ2v) is 8.21. The summed E-state index contributed by atoms with van der Waals surface area (Å²) < 4.78 is 25.0. The first-order valence-electron chi connectivity index (χ1n) is 10.6. The molecule has 0 heterocycles. The molecule has 0 amide bonds. The second-order valence-electron chi connectivity index (χ2n) is 6.97. The fraction of sp³-hybridized carbons (Fsp3) is 0.714. The van der Waals surface area contributed by atoms with Crippen LogP contribution in [0.5, 0.6) is 0 Å². The molecule has 0 aromatic carbocycles. The third-order valence-electron chi connectivity index (χ3n) is 4.01. The molecule has 174 valence electrons. The van der Waals surface area contributed by atoms with Crippen LogP contribution in [0.3, 0.4) is 0 Å². The minimum atomic E-state index is -4.70. The number of hydrogen-bond donors (Lipinski definition) is 2. The second kappa shape index (κ2) is 18.3. The first kappa shape index (κ1) is 28.5. The molecule has 0 rings (SSSR count). The van der Waals surface area contributed by atoms with Gasteiger partial charge in [-0.2, -0.15) is 0 Å². The Morgan fingerprint density at radius 3 is 2.20 bits per heavy atom. The van der Waals surface area contributed by atoms with Crippen molar-refractivity contribution in [1.82, 2.24) is 0 Å². The lowest BCUT2D eigenvalue weighted by Gasteiger charge is -2.18. The van der Waals surface area contributed by atoms with E-state index in [1.807, 2.05) is 0 Å². The van der Waals surface area contributed by atoms with E-state index in [4.69, 9.17) is 19.3 Å². The average molecular weight is 448 g/mol. The van der Waals surface area contributed by atoms with Gasteiger partial charge >= 0.3 is 19.8 Å². The van der Waals surface area contributed by atoms with Gasteiger partial charge in [0.1, 0.15) is 6.61 Å². The molecule has 0 fully saturated rings. The summed E-state index contributed by atoms with van der Waals surface area (Å²) in [6.07, 6.45) is 17.1. The largest absolute Gasteiger partial charge is 0.469 e. The van der Waals surface area contributed by atoms with E-state index in [2.05, 4.69) is 35.8 Å². The van der Waals surface area contributed by atoms with Gasteiger partial charge in [-0.3, -0.25) is 14.1 Å². The Balaban J connectivity index is 3.87. The molecule has 0 aliphatic carbocycles. The van der Waals surface area contributed by atoms with Crippen LogP contribution in [0.25, 0.3) is 0 Å². The summed E-state index contributed by atoms with van der Waals surface area (Å²) in [6, 6.07) is 0. The van der Waals surface area contributed by atoms with Crippen molar-refractivity contribution >= 4 is 19.8 Å². The average Bonchev–Trinajstić information content (AvgIpc) is 2.66. The highest BCUT2D eigenvalue weighted by molar-refractivity contribution is 7.46. The summed E-state index contributed by atoms with van der Waals surface area (Å²) >= 11 is 0. The van der Waals surface area contributed by atoms with E-state index in [9.17, 15) is 14.2 Å². The number of carbonyl (C=O) groups excluding carboxylic acids is 2. The lowest BCUT2D eigenvalue weighted by Crippen LogP contribution is -2.29. The predicted octanol–water partition coefficient (Wildman–Crippen LogP) is 4.60. The van der Waals surface area contributed by atoms with Gasteiger partial charge in [0.05, 0.1) is 6.61 Å². The maximum Gasteiger partial charge on any atom is 0.469 e. The number of allylic oxidation sites excluding steroid dienone is 4. The molecular formula is C21H37O8P. The van der Waals surface area contributed by atoms with Crippen LogP contribution in [0.4, 0.5) is 0 Å². The van der Waals surface area contributed by atoms with Crippen LogP contribution in [0.2, 0.25) is 0 Å². The van der Waals surface area contributed by atoms with Gasteiger partial charge in [-0.1, -0.05) is 56.9 Å². The molecule has 0 spiro atoms. The van der Waals surface area contributed by atoms with Gasteiger partial charge in [0.15, 0.2) is 6.10 Å². The van der Waals surface area contributed by atoms with Crippen LogP contribution < -0.4 is 0 Å². The van der Waals surface area contributed by atoms with Crippen LogP contribution in [0.15, 0.2) is 24.3 Å². The highest BCUT2D eigenvalue weighted by Crippen LogP contribution is 2.35. The van der Waals surface area contributed by atoms with E-state index >= 15 is 0 Å². The van der Waals surface area contributed by atoms with Crippen molar-refractivity contribution in [3.63, 3.8) is 0 Å². The maximum atomic E-state index is 11.9. The summed E-state index contributed by atoms with van der Waals surface area (Å²) in [5.41, 5.74) is 0. The fourth-order valence-electron chi connectivity index (χ4n) is 2.49. The molecule has 0 aliphatic rings. The number of rotatable bonds is 18. The molecule has 0 saturated carbocycles. The topological polar surface area (TPSA) is 119 Å². The summed E-state index contributed by atoms with van der Waals surface area (Å²) in [5.74, 6) is -1.10. The predicted molar refractivity (Wildman–Crippen MR) is 115 cm³/mol. The smallest absolute Gasteiger partial charge is 0.462 e. The number of unbranched alkanes of at least 4 members (excludes halogenated alkanes) is 6. The molecule has 2 N–H and O–H groups in total. The minimum absolute atomic E-state index is 0.191. The van der Waals surface area contributed by atoms with Crippen molar-refractivity contribution in [2.24, 2.45) is 0 Å². The number of carbonyl (C=O) groups is 2. The summed E-state index contributed by atoms with van der Waals surface area (Å²) in [6.45, 7) is 2.48. The highest BCUT2D eigenvalue weighted by Gasteiger charge is 2.22. The molecule has 0 bridgehead atoms. The van der Waals surface area contributed by atoms with Gasteiger partial charge in [0.2, 0.25) is 0 Å². The quantitative estimate of drug-likeness (QED) is 0.135. The molecular weight excluding hydrogens is 411 g/mol. The molecule has 1 atom stereocenters. The zero-order valence-corrected chi connectivity index (χ0v) is 19.1. The van der Waals surface area contributed by atoms with Crippen molar-refractivity contribution in [2.75, 3.05) is 13.2 Å². The summed E-state index contributed by atoms with van der Waals surface area (Å²) in [4.78, 5) is 40.3. The van der Waals surface area contributed by atoms with Gasteiger partial charge in [-0.25, -0.2) is 4.57 Å². The van der Waals surface area contributed by atoms with Crippen LogP contribution in [-0.4, -0.2) is 41.0 Å². The van der Waals surface area contributed by atoms with Crippen molar-refractivity contribution in [3.8, 4) is 0 Å². The molecule has 0 aromatic rings. The van der Waals surface area contributed by atoms with Gasteiger partial charge in [0, 0.05) is 13.3 Å². The molecule has 0 saturated heterocycles. The zero-order chi connectivity index (χ0) is 22.7. The minimum Gasteiger partial charge on any atom is -0.462 e. The van der Waals surface area contributed by atoms with Crippen molar-refractivity contribution < 1.29 is 37.9 Å². The summed E-state index contributed by atoms with van der Waals surface area (Å²) in [5, 5.41) is 0. The van der Waals surface area contributed by atoms with E-state index in [0.717, 1.165) is 44.9 Å². The van der Waals surface area contributed by atoms with Crippen LogP contribution in [0.1, 0.15) is 78.1 Å². The standard InChI is InChI=1S/C21H37O8P/c1-3-4-5-6-7-8-9-10-11-12-13-14-15-16-21(23)29-20(17-27-19(2)22)18-28-30(24,25)26/h5-6,8-9,20H,3-4,7,10-18H2,1-2H3,(H2,24,25,26)/b6-5-,9-8-. The molecule has 1 unspecified atom stereocenters. The lowest BCUT2D eigenvalue weighted by atomic mass is 10.1. The molecule has 0 aliphatic heterocycles. The van der Waals surface area contributed by atoms with Gasteiger partial charge in [0.25, 0.3) is 0 Å². The SMILES string of the molecule is CCC/C=C\C/C=C\CCCCCCCC(=O)OC(COC(C)=O)COP(=O)(O)O. The van der Waals surface area contributed by atoms with Crippen LogP contribution in [-0.2, 0) is 28.2 Å². The molecule has 0 radical (unpaired) electrons. The van der Waals surface area contributed by atoms with Crippen LogP contribution in [0, 0.1) is 0 Å². The Bertz CT molecular complexity index is 567. The fourth-order valence-corrected chi connectivity index (χ4v) is 2.85. The number of esters is 2. The van der Waals surface area contributed by atoms with E-state index in [1.54, 1.807) is 0 Å². The number of phosphoric acid groups is 1. The Morgan fingerprint density at radius 2 is 1.57 bits per heavy atom. The van der Waals surface area contributed by atoms with Crippen LogP contribution >= 0.6 is 7.82 Å². The normalized spacial score (nSPS) is 13.1. The monoisotopic (exact) mass is 448 g/mol. The first-order valence-corrected chi connectivity index (χ1v) is 12.1. The molecule has 0 aromatic heterocycles. The Kier molecular flexibility index (Phi) is 17.4. The Hall–Kier alpha value is -1.47. The highest BCUT2D eigenvalue weighted by atomic mass is 31.2. The molecule has 8 nitrogen and oxygen atoms in total. The molecule has 9 heteroatoms. The van der Waals surface area contributed by atoms with E-state index in [1.165, 1.54) is 13.3 Å². The van der Waals surface area contributed by atoms with E-state index < -0.39 is 32.5 Å². The Labute approximate surface area is 179 Å². The van der Waals surface area contributed by atoms with E-state index in [0.29, 0.717) is 6.42 Å². The lowest BCUT2D eigenvalue weighted by molar-refractivity contribution is -0.160. The van der Waals surface area contributed by atoms with Gasteiger partial charge in [-0.05, 0) is 32.1 Å². The number of ether oxygens (including phenoxy) is 2. The molecule has 30 heavy (non-hydrogen) atoms. The van der Waals surface area contributed by atoms with Crippen molar-refractivity contribution in [3.05, 3.63) is 24.3 Å². The van der Waals surface area contributed by atoms with Crippen molar-refractivity contribution in [2.45, 2.75) is 84.2 Å². The van der Waals surface area contributed by atoms with E-state index in [-0.39, 0.29) is 13.0 Å². The number of phosphoric ester groups is 1. The first-order chi connectivity index (χ1) is 14.2. The summed E-state index contributed by atoms with van der Waals surface area (Å²) in [7, 11) is -4.70. The third-order valence-corrected chi connectivity index (χ3v) is 4.50.